The van der Waals surface area contributed by atoms with E-state index in [1.807, 2.05) is 25.3 Å². The monoisotopic (exact) mass is 234 g/mol. The number of H-pyrrole nitrogens is 1. The molecule has 1 atom stereocenters. The Labute approximate surface area is 99.4 Å². The molecule has 0 bridgehead atoms. The van der Waals surface area contributed by atoms with Crippen LogP contribution in [0.4, 0.5) is 4.39 Å². The Morgan fingerprint density at radius 1 is 1.35 bits per heavy atom. The topological polar surface area (TPSA) is 51.0 Å². The fraction of sp³-hybridized carbons (Fsp3) is 0.231. The number of rotatable bonds is 4. The molecule has 2 rings (SSSR count). The maximum absolute atomic E-state index is 13.5. The van der Waals surface area contributed by atoms with E-state index < -0.39 is 0 Å². The average Bonchev–Trinajstić information content (AvgIpc) is 2.82. The highest BCUT2D eigenvalue weighted by Crippen LogP contribution is 2.26. The van der Waals surface area contributed by atoms with Crippen LogP contribution in [0.25, 0.3) is 0 Å². The lowest BCUT2D eigenvalue weighted by atomic mass is 10.2. The van der Waals surface area contributed by atoms with E-state index in [0.717, 1.165) is 5.69 Å². The molecule has 0 aliphatic carbocycles. The van der Waals surface area contributed by atoms with E-state index in [9.17, 15) is 4.39 Å². The molecule has 0 amide bonds. The SMILES string of the molecule is CC(Oc1cccc(F)c1CN)c1ccc[nH]1. The van der Waals surface area contributed by atoms with Gasteiger partial charge in [0.25, 0.3) is 0 Å². The van der Waals surface area contributed by atoms with Crippen LogP contribution in [0.3, 0.4) is 0 Å². The number of aromatic nitrogens is 1. The molecular weight excluding hydrogens is 219 g/mol. The van der Waals surface area contributed by atoms with Crippen LogP contribution < -0.4 is 10.5 Å². The number of ether oxygens (including phenoxy) is 1. The van der Waals surface area contributed by atoms with Crippen molar-refractivity contribution in [2.75, 3.05) is 0 Å². The third kappa shape index (κ3) is 2.47. The van der Waals surface area contributed by atoms with Crippen molar-refractivity contribution in [1.82, 2.24) is 4.98 Å². The van der Waals surface area contributed by atoms with Gasteiger partial charge in [0, 0.05) is 18.3 Å². The summed E-state index contributed by atoms with van der Waals surface area (Å²) in [6.45, 7) is 2.02. The number of benzene rings is 1. The van der Waals surface area contributed by atoms with E-state index in [4.69, 9.17) is 10.5 Å². The van der Waals surface area contributed by atoms with Crippen LogP contribution in [0.15, 0.2) is 36.5 Å². The average molecular weight is 234 g/mol. The minimum Gasteiger partial charge on any atom is -0.484 e. The lowest BCUT2D eigenvalue weighted by Crippen LogP contribution is -2.08. The van der Waals surface area contributed by atoms with Crippen LogP contribution in [-0.4, -0.2) is 4.98 Å². The third-order valence-electron chi connectivity index (χ3n) is 2.64. The van der Waals surface area contributed by atoms with Gasteiger partial charge in [0.2, 0.25) is 0 Å². The van der Waals surface area contributed by atoms with Crippen molar-refractivity contribution in [3.05, 3.63) is 53.6 Å². The van der Waals surface area contributed by atoms with Crippen LogP contribution in [0.2, 0.25) is 0 Å². The van der Waals surface area contributed by atoms with Crippen molar-refractivity contribution >= 4 is 0 Å². The minimum atomic E-state index is -0.330. The summed E-state index contributed by atoms with van der Waals surface area (Å²) in [6, 6.07) is 8.54. The lowest BCUT2D eigenvalue weighted by Gasteiger charge is -2.16. The first kappa shape index (κ1) is 11.7. The zero-order chi connectivity index (χ0) is 12.3. The van der Waals surface area contributed by atoms with Gasteiger partial charge in [-0.15, -0.1) is 0 Å². The first-order valence-corrected chi connectivity index (χ1v) is 5.49. The first-order valence-electron chi connectivity index (χ1n) is 5.49. The summed E-state index contributed by atoms with van der Waals surface area (Å²) in [5, 5.41) is 0. The fourth-order valence-electron chi connectivity index (χ4n) is 1.70. The van der Waals surface area contributed by atoms with Gasteiger partial charge in [0.05, 0.1) is 5.69 Å². The van der Waals surface area contributed by atoms with Gasteiger partial charge in [-0.25, -0.2) is 4.39 Å². The van der Waals surface area contributed by atoms with Crippen LogP contribution in [0.1, 0.15) is 24.3 Å². The summed E-state index contributed by atoms with van der Waals surface area (Å²) in [6.07, 6.45) is 1.65. The summed E-state index contributed by atoms with van der Waals surface area (Å²) >= 11 is 0. The van der Waals surface area contributed by atoms with Gasteiger partial charge in [-0.2, -0.15) is 0 Å². The van der Waals surface area contributed by atoms with E-state index in [-0.39, 0.29) is 18.5 Å². The maximum atomic E-state index is 13.5. The number of nitrogens with one attached hydrogen (secondary N) is 1. The smallest absolute Gasteiger partial charge is 0.136 e. The van der Waals surface area contributed by atoms with Gasteiger partial charge in [0.1, 0.15) is 17.7 Å². The molecule has 0 fully saturated rings. The molecule has 3 nitrogen and oxygen atoms in total. The molecule has 0 radical (unpaired) electrons. The molecule has 0 saturated carbocycles. The molecular formula is C13H15FN2O. The minimum absolute atomic E-state index is 0.124. The van der Waals surface area contributed by atoms with Crippen LogP contribution >= 0.6 is 0 Å². The van der Waals surface area contributed by atoms with Gasteiger partial charge in [0.15, 0.2) is 0 Å². The molecule has 0 spiro atoms. The highest BCUT2D eigenvalue weighted by Gasteiger charge is 2.12. The third-order valence-corrected chi connectivity index (χ3v) is 2.64. The highest BCUT2D eigenvalue weighted by atomic mass is 19.1. The standard InChI is InChI=1S/C13H15FN2O/c1-9(12-5-3-7-16-12)17-13-6-2-4-11(14)10(13)8-15/h2-7,9,16H,8,15H2,1H3. The molecule has 3 N–H and O–H groups in total. The van der Waals surface area contributed by atoms with Crippen molar-refractivity contribution in [1.29, 1.82) is 0 Å². The summed E-state index contributed by atoms with van der Waals surface area (Å²) in [7, 11) is 0. The van der Waals surface area contributed by atoms with Gasteiger partial charge in [-0.3, -0.25) is 0 Å². The molecule has 0 aliphatic rings. The van der Waals surface area contributed by atoms with Gasteiger partial charge in [-0.1, -0.05) is 6.07 Å². The number of nitrogens with two attached hydrogens (primary N) is 1. The summed E-state index contributed by atoms with van der Waals surface area (Å²) in [5.41, 5.74) is 6.87. The maximum Gasteiger partial charge on any atom is 0.136 e. The van der Waals surface area contributed by atoms with E-state index in [1.54, 1.807) is 12.1 Å². The van der Waals surface area contributed by atoms with Crippen LogP contribution in [-0.2, 0) is 6.54 Å². The zero-order valence-electron chi connectivity index (χ0n) is 9.61. The van der Waals surface area contributed by atoms with Gasteiger partial charge >= 0.3 is 0 Å². The van der Waals surface area contributed by atoms with Crippen LogP contribution in [0.5, 0.6) is 5.75 Å². The second kappa shape index (κ2) is 5.01. The molecule has 0 aliphatic heterocycles. The fourth-order valence-corrected chi connectivity index (χ4v) is 1.70. The summed E-state index contributed by atoms with van der Waals surface area (Å²) < 4.78 is 19.2. The first-order chi connectivity index (χ1) is 8.22. The van der Waals surface area contributed by atoms with E-state index in [1.165, 1.54) is 6.07 Å². The highest BCUT2D eigenvalue weighted by molar-refractivity contribution is 5.35. The Kier molecular flexibility index (Phi) is 3.44. The van der Waals surface area contributed by atoms with Crippen LogP contribution in [0, 0.1) is 5.82 Å². The molecule has 4 heteroatoms. The second-order valence-corrected chi connectivity index (χ2v) is 3.81. The summed E-state index contributed by atoms with van der Waals surface area (Å²) in [5.74, 6) is 0.165. The van der Waals surface area contributed by atoms with E-state index in [2.05, 4.69) is 4.98 Å². The lowest BCUT2D eigenvalue weighted by molar-refractivity contribution is 0.219. The van der Waals surface area contributed by atoms with Crippen molar-refractivity contribution in [3.8, 4) is 5.75 Å². The van der Waals surface area contributed by atoms with Gasteiger partial charge < -0.3 is 15.5 Å². The zero-order valence-corrected chi connectivity index (χ0v) is 9.61. The van der Waals surface area contributed by atoms with E-state index >= 15 is 0 Å². The Morgan fingerprint density at radius 2 is 2.18 bits per heavy atom. The molecule has 90 valence electrons. The molecule has 17 heavy (non-hydrogen) atoms. The number of hydrogen-bond acceptors (Lipinski definition) is 2. The quantitative estimate of drug-likeness (QED) is 0.854. The Balaban J connectivity index is 2.21. The van der Waals surface area contributed by atoms with Crippen molar-refractivity contribution in [2.45, 2.75) is 19.6 Å². The van der Waals surface area contributed by atoms with E-state index in [0.29, 0.717) is 11.3 Å². The molecule has 1 heterocycles. The Hall–Kier alpha value is -1.81. The number of aromatic amines is 1. The summed E-state index contributed by atoms with van der Waals surface area (Å²) in [4.78, 5) is 3.06. The predicted octanol–water partition coefficient (Wildman–Crippen LogP) is 2.75. The molecule has 0 saturated heterocycles. The molecule has 1 unspecified atom stereocenters. The van der Waals surface area contributed by atoms with Crippen molar-refractivity contribution in [3.63, 3.8) is 0 Å². The largest absolute Gasteiger partial charge is 0.484 e. The number of halogens is 1. The van der Waals surface area contributed by atoms with Gasteiger partial charge in [-0.05, 0) is 31.2 Å². The van der Waals surface area contributed by atoms with Crippen molar-refractivity contribution < 1.29 is 9.13 Å². The molecule has 2 aromatic rings. The second-order valence-electron chi connectivity index (χ2n) is 3.81. The van der Waals surface area contributed by atoms with Crippen molar-refractivity contribution in [2.24, 2.45) is 5.73 Å². The predicted molar refractivity (Wildman–Crippen MR) is 64.1 cm³/mol. The number of hydrogen-bond donors (Lipinski definition) is 2. The molecule has 1 aromatic carbocycles. The normalized spacial score (nSPS) is 12.4. The Morgan fingerprint density at radius 3 is 2.82 bits per heavy atom. The Bertz CT molecular complexity index is 482. The molecule has 1 aromatic heterocycles.